The second kappa shape index (κ2) is 32.1. The maximum Gasteiger partial charge on any atom is 1.00 e. The number of unbranched alkanes of at least 4 members (excludes halogenated alkanes) is 23. The summed E-state index contributed by atoms with van der Waals surface area (Å²) in [4.78, 5) is 0. The standard InChI is InChI=1S/C32H64O4S.Na/c1-3-5-7-9-11-13-15-16-17-18-20-22-24-26-28-30-32(31-36-37(33,34)35)29-27-25-23-21-19-14-12-10-8-6-4-2;/h27,29,32H,3-26,28,30-31H2,1-2H3,(H,33,34,35);/q;+1/p-1/b29-27+;. The van der Waals surface area contributed by atoms with Gasteiger partial charge < -0.3 is 4.55 Å². The van der Waals surface area contributed by atoms with Gasteiger partial charge in [-0.05, 0) is 19.3 Å². The van der Waals surface area contributed by atoms with E-state index in [1.165, 1.54) is 148 Å². The quantitative estimate of drug-likeness (QED) is 0.0292. The van der Waals surface area contributed by atoms with Crippen molar-refractivity contribution in [1.29, 1.82) is 0 Å². The monoisotopic (exact) mass is 566 g/mol. The average Bonchev–Trinajstić information content (AvgIpc) is 2.87. The molecule has 0 aromatic heterocycles. The molecule has 0 aliphatic rings. The molecule has 6 heteroatoms. The number of hydrogen-bond donors (Lipinski definition) is 0. The van der Waals surface area contributed by atoms with Crippen LogP contribution >= 0.6 is 0 Å². The number of allylic oxidation sites excluding steroid dienone is 1. The Morgan fingerprint density at radius 2 is 0.921 bits per heavy atom. The molecule has 0 aromatic rings. The fraction of sp³-hybridized carbons (Fsp3) is 0.938. The van der Waals surface area contributed by atoms with Crippen molar-refractivity contribution in [2.75, 3.05) is 6.61 Å². The van der Waals surface area contributed by atoms with Crippen molar-refractivity contribution < 1.29 is 46.7 Å². The van der Waals surface area contributed by atoms with Gasteiger partial charge in [-0.3, -0.25) is 4.18 Å². The number of rotatable bonds is 30. The molecular weight excluding hydrogens is 503 g/mol. The molecular formula is C32H63NaO4S. The molecule has 0 radical (unpaired) electrons. The molecule has 1 atom stereocenters. The summed E-state index contributed by atoms with van der Waals surface area (Å²) in [5.74, 6) is 0.0178. The first-order valence-corrected chi connectivity index (χ1v) is 17.6. The van der Waals surface area contributed by atoms with Gasteiger partial charge in [0.2, 0.25) is 10.4 Å². The summed E-state index contributed by atoms with van der Waals surface area (Å²) in [5, 5.41) is 0. The second-order valence-electron chi connectivity index (χ2n) is 11.2. The van der Waals surface area contributed by atoms with E-state index in [4.69, 9.17) is 0 Å². The van der Waals surface area contributed by atoms with Crippen LogP contribution < -0.4 is 29.6 Å². The maximum atomic E-state index is 10.9. The third-order valence-corrected chi connectivity index (χ3v) is 7.91. The van der Waals surface area contributed by atoms with Gasteiger partial charge in [0.25, 0.3) is 0 Å². The maximum absolute atomic E-state index is 10.9. The molecule has 0 fully saturated rings. The zero-order valence-corrected chi connectivity index (χ0v) is 28.7. The van der Waals surface area contributed by atoms with Gasteiger partial charge in [-0.1, -0.05) is 174 Å². The van der Waals surface area contributed by atoms with Crippen molar-refractivity contribution in [3.05, 3.63) is 12.2 Å². The zero-order valence-electron chi connectivity index (χ0n) is 25.9. The van der Waals surface area contributed by atoms with Gasteiger partial charge in [0.05, 0.1) is 6.61 Å². The minimum absolute atomic E-state index is 0. The fourth-order valence-corrected chi connectivity index (χ4v) is 5.39. The van der Waals surface area contributed by atoms with Gasteiger partial charge in [-0.25, -0.2) is 8.42 Å². The first-order valence-electron chi connectivity index (χ1n) is 16.3. The van der Waals surface area contributed by atoms with Crippen molar-refractivity contribution in [1.82, 2.24) is 0 Å². The summed E-state index contributed by atoms with van der Waals surface area (Å²) >= 11 is 0. The average molecular weight is 567 g/mol. The van der Waals surface area contributed by atoms with E-state index >= 15 is 0 Å². The molecule has 0 aliphatic heterocycles. The van der Waals surface area contributed by atoms with Gasteiger partial charge in [-0.2, -0.15) is 0 Å². The molecule has 0 spiro atoms. The molecule has 0 heterocycles. The minimum atomic E-state index is -4.62. The van der Waals surface area contributed by atoms with Crippen LogP contribution in [0.15, 0.2) is 12.2 Å². The summed E-state index contributed by atoms with van der Waals surface area (Å²) in [6.07, 6.45) is 38.0. The van der Waals surface area contributed by atoms with Crippen LogP contribution in [0.2, 0.25) is 0 Å². The molecule has 4 nitrogen and oxygen atoms in total. The summed E-state index contributed by atoms with van der Waals surface area (Å²) in [6.45, 7) is 4.51. The van der Waals surface area contributed by atoms with Crippen LogP contribution in [0.1, 0.15) is 181 Å². The van der Waals surface area contributed by atoms with Gasteiger partial charge in [0.1, 0.15) is 0 Å². The predicted octanol–water partition coefficient (Wildman–Crippen LogP) is 7.82. The largest absolute Gasteiger partial charge is 1.00 e. The van der Waals surface area contributed by atoms with E-state index in [9.17, 15) is 13.0 Å². The van der Waals surface area contributed by atoms with E-state index < -0.39 is 10.4 Å². The smallest absolute Gasteiger partial charge is 0.726 e. The van der Waals surface area contributed by atoms with Crippen LogP contribution in [-0.4, -0.2) is 19.6 Å². The molecule has 0 saturated carbocycles. The van der Waals surface area contributed by atoms with Crippen molar-refractivity contribution in [3.8, 4) is 0 Å². The fourth-order valence-electron chi connectivity index (χ4n) is 5.05. The Balaban J connectivity index is 0. The number of hydrogen-bond acceptors (Lipinski definition) is 4. The van der Waals surface area contributed by atoms with E-state index in [-0.39, 0.29) is 42.1 Å². The van der Waals surface area contributed by atoms with E-state index in [0.717, 1.165) is 19.3 Å². The molecule has 38 heavy (non-hydrogen) atoms. The van der Waals surface area contributed by atoms with Crippen LogP contribution in [0, 0.1) is 5.92 Å². The van der Waals surface area contributed by atoms with E-state index in [1.54, 1.807) is 0 Å². The van der Waals surface area contributed by atoms with Crippen LogP contribution in [-0.2, 0) is 14.6 Å². The summed E-state index contributed by atoms with van der Waals surface area (Å²) in [5.41, 5.74) is 0. The topological polar surface area (TPSA) is 66.4 Å². The van der Waals surface area contributed by atoms with E-state index in [0.29, 0.717) is 0 Å². The van der Waals surface area contributed by atoms with E-state index in [2.05, 4.69) is 30.2 Å². The Morgan fingerprint density at radius 1 is 0.579 bits per heavy atom. The van der Waals surface area contributed by atoms with Gasteiger partial charge in [0.15, 0.2) is 0 Å². The predicted molar refractivity (Wildman–Crippen MR) is 160 cm³/mol. The molecule has 222 valence electrons. The first kappa shape index (κ1) is 40.7. The molecule has 0 rings (SSSR count). The van der Waals surface area contributed by atoms with Gasteiger partial charge in [-0.15, -0.1) is 0 Å². The minimum Gasteiger partial charge on any atom is -0.726 e. The van der Waals surface area contributed by atoms with Crippen molar-refractivity contribution in [2.45, 2.75) is 181 Å². The first-order chi connectivity index (χ1) is 18.0. The Labute approximate surface area is 261 Å². The summed E-state index contributed by atoms with van der Waals surface area (Å²) in [7, 11) is -4.62. The van der Waals surface area contributed by atoms with Crippen LogP contribution in [0.3, 0.4) is 0 Å². The van der Waals surface area contributed by atoms with Crippen LogP contribution in [0.25, 0.3) is 0 Å². The third kappa shape index (κ3) is 34.6. The Kier molecular flexibility index (Phi) is 34.5. The molecule has 0 aromatic carbocycles. The molecule has 0 amide bonds. The molecule has 0 saturated heterocycles. The Hall–Kier alpha value is 0.610. The van der Waals surface area contributed by atoms with Crippen molar-refractivity contribution in [3.63, 3.8) is 0 Å². The third-order valence-electron chi connectivity index (χ3n) is 7.49. The van der Waals surface area contributed by atoms with Gasteiger partial charge in [0, 0.05) is 5.92 Å². The van der Waals surface area contributed by atoms with Crippen molar-refractivity contribution >= 4 is 10.4 Å². The Morgan fingerprint density at radius 3 is 1.29 bits per heavy atom. The zero-order chi connectivity index (χ0) is 27.3. The van der Waals surface area contributed by atoms with Crippen molar-refractivity contribution in [2.24, 2.45) is 5.92 Å². The molecule has 0 N–H and O–H groups in total. The Bertz CT molecular complexity index is 580. The van der Waals surface area contributed by atoms with Crippen LogP contribution in [0.5, 0.6) is 0 Å². The molecule has 0 bridgehead atoms. The SMILES string of the molecule is CCCCCCCCCCC/C=C/C(CCCCCCCCCCCCCCCCC)COS(=O)(=O)[O-].[Na+]. The molecule has 0 aliphatic carbocycles. The summed E-state index contributed by atoms with van der Waals surface area (Å²) < 4.78 is 37.3. The van der Waals surface area contributed by atoms with E-state index in [1.807, 2.05) is 0 Å². The normalized spacial score (nSPS) is 12.7. The molecule has 1 unspecified atom stereocenters. The van der Waals surface area contributed by atoms with Gasteiger partial charge >= 0.3 is 29.6 Å². The van der Waals surface area contributed by atoms with Crippen LogP contribution in [0.4, 0.5) is 0 Å². The summed E-state index contributed by atoms with van der Waals surface area (Å²) in [6, 6.07) is 0. The second-order valence-corrected chi connectivity index (χ2v) is 12.3.